The molecule has 0 bridgehead atoms. The first kappa shape index (κ1) is 9.08. The lowest BCUT2D eigenvalue weighted by molar-refractivity contribution is -0.104. The van der Waals surface area contributed by atoms with Crippen molar-refractivity contribution in [2.75, 3.05) is 0 Å². The number of carbonyl (C=O) groups excluding carboxylic acids is 1. The summed E-state index contributed by atoms with van der Waals surface area (Å²) in [7, 11) is 0. The van der Waals surface area contributed by atoms with Gasteiger partial charge in [0.15, 0.2) is 0 Å². The van der Waals surface area contributed by atoms with Crippen LogP contribution in [0, 0.1) is 0 Å². The van der Waals surface area contributed by atoms with Gasteiger partial charge in [-0.05, 0) is 25.0 Å². The van der Waals surface area contributed by atoms with Crippen molar-refractivity contribution in [3.63, 3.8) is 0 Å². The van der Waals surface area contributed by atoms with E-state index < -0.39 is 0 Å². The quantitative estimate of drug-likeness (QED) is 0.336. The monoisotopic (exact) mass is 142 g/mol. The van der Waals surface area contributed by atoms with Crippen LogP contribution in [0.15, 0.2) is 23.6 Å². The molecule has 0 amide bonds. The van der Waals surface area contributed by atoms with E-state index >= 15 is 0 Å². The second-order valence-corrected chi connectivity index (χ2v) is 2.00. The summed E-state index contributed by atoms with van der Waals surface area (Å²) in [4.78, 5) is 9.99. The first-order valence-electron chi connectivity index (χ1n) is 3.18. The van der Waals surface area contributed by atoms with Crippen LogP contribution in [0.3, 0.4) is 0 Å². The predicted molar refractivity (Wildman–Crippen MR) is 39.3 cm³/mol. The Bertz CT molecular complexity index is 168. The molecule has 0 saturated carbocycles. The van der Waals surface area contributed by atoms with E-state index in [0.717, 1.165) is 0 Å². The van der Waals surface area contributed by atoms with Gasteiger partial charge in [-0.1, -0.05) is 13.0 Å². The highest BCUT2D eigenvalue weighted by Crippen LogP contribution is 2.01. The first-order valence-corrected chi connectivity index (χ1v) is 3.18. The number of hydrogen-bond acceptors (Lipinski definition) is 1. The van der Waals surface area contributed by atoms with Crippen molar-refractivity contribution in [1.82, 2.24) is 0 Å². The van der Waals surface area contributed by atoms with Crippen LogP contribution >= 0.6 is 0 Å². The number of hydrogen-bond donors (Lipinski definition) is 0. The summed E-state index contributed by atoms with van der Waals surface area (Å²) in [5, 5.41) is 0. The Hall–Kier alpha value is -0.920. The number of rotatable bonds is 3. The molecule has 0 aliphatic heterocycles. The fourth-order valence-electron chi connectivity index (χ4n) is 0.379. The molecule has 0 heterocycles. The summed E-state index contributed by atoms with van der Waals surface area (Å²) >= 11 is 0. The van der Waals surface area contributed by atoms with Crippen LogP contribution in [-0.4, -0.2) is 6.29 Å². The van der Waals surface area contributed by atoms with Gasteiger partial charge in [-0.15, -0.1) is 0 Å². The molecule has 0 rings (SSSR count). The van der Waals surface area contributed by atoms with Crippen LogP contribution in [0.4, 0.5) is 4.39 Å². The summed E-state index contributed by atoms with van der Waals surface area (Å²) < 4.78 is 12.3. The molecule has 0 aliphatic rings. The molecule has 0 aromatic carbocycles. The zero-order valence-electron chi connectivity index (χ0n) is 6.23. The highest BCUT2D eigenvalue weighted by atomic mass is 19.1. The fourth-order valence-corrected chi connectivity index (χ4v) is 0.379. The Balaban J connectivity index is 4.03. The molecular weight excluding hydrogens is 131 g/mol. The minimum atomic E-state index is -0.207. The lowest BCUT2D eigenvalue weighted by atomic mass is 10.3. The fraction of sp³-hybridized carbons (Fsp3) is 0.375. The van der Waals surface area contributed by atoms with E-state index in [1.807, 2.05) is 0 Å². The Morgan fingerprint density at radius 2 is 2.10 bits per heavy atom. The van der Waals surface area contributed by atoms with Gasteiger partial charge in [0, 0.05) is 0 Å². The molecule has 0 saturated heterocycles. The van der Waals surface area contributed by atoms with Crippen molar-refractivity contribution in [3.05, 3.63) is 23.6 Å². The smallest absolute Gasteiger partial charge is 0.145 e. The van der Waals surface area contributed by atoms with Crippen molar-refractivity contribution >= 4 is 6.29 Å². The van der Waals surface area contributed by atoms with Gasteiger partial charge in [-0.2, -0.15) is 0 Å². The van der Waals surface area contributed by atoms with Crippen LogP contribution < -0.4 is 0 Å². The van der Waals surface area contributed by atoms with E-state index in [1.165, 1.54) is 12.2 Å². The molecule has 10 heavy (non-hydrogen) atoms. The van der Waals surface area contributed by atoms with E-state index in [-0.39, 0.29) is 5.83 Å². The molecule has 0 fully saturated rings. The van der Waals surface area contributed by atoms with Crippen molar-refractivity contribution in [1.29, 1.82) is 0 Å². The highest BCUT2D eigenvalue weighted by molar-refractivity contribution is 5.72. The van der Waals surface area contributed by atoms with Crippen LogP contribution in [0.5, 0.6) is 0 Å². The van der Waals surface area contributed by atoms with Crippen LogP contribution in [0.2, 0.25) is 0 Å². The summed E-state index contributed by atoms with van der Waals surface area (Å²) in [6, 6.07) is 0. The zero-order chi connectivity index (χ0) is 7.98. The van der Waals surface area contributed by atoms with Crippen molar-refractivity contribution in [2.24, 2.45) is 0 Å². The molecule has 0 atom stereocenters. The van der Waals surface area contributed by atoms with Gasteiger partial charge in [-0.25, -0.2) is 4.39 Å². The van der Waals surface area contributed by atoms with Crippen LogP contribution in [-0.2, 0) is 4.79 Å². The first-order chi connectivity index (χ1) is 4.70. The van der Waals surface area contributed by atoms with Crippen molar-refractivity contribution < 1.29 is 9.18 Å². The molecule has 56 valence electrons. The van der Waals surface area contributed by atoms with E-state index in [4.69, 9.17) is 0 Å². The Morgan fingerprint density at radius 1 is 1.50 bits per heavy atom. The van der Waals surface area contributed by atoms with Crippen LogP contribution in [0.1, 0.15) is 20.3 Å². The Labute approximate surface area is 60.2 Å². The molecule has 0 unspecified atom stereocenters. The molecule has 0 spiro atoms. The highest BCUT2D eigenvalue weighted by Gasteiger charge is 1.85. The maximum Gasteiger partial charge on any atom is 0.145 e. The topological polar surface area (TPSA) is 17.1 Å². The maximum absolute atomic E-state index is 12.3. The molecule has 0 aromatic rings. The number of halogens is 1. The second-order valence-electron chi connectivity index (χ2n) is 2.00. The third-order valence-electron chi connectivity index (χ3n) is 1.05. The van der Waals surface area contributed by atoms with Gasteiger partial charge in [0.2, 0.25) is 0 Å². The SMILES string of the molecule is CC/C(F)=C\C=C(/C)C=O. The maximum atomic E-state index is 12.3. The molecule has 0 radical (unpaired) electrons. The van der Waals surface area contributed by atoms with Crippen LogP contribution in [0.25, 0.3) is 0 Å². The zero-order valence-corrected chi connectivity index (χ0v) is 6.23. The second kappa shape index (κ2) is 4.91. The summed E-state index contributed by atoms with van der Waals surface area (Å²) in [5.41, 5.74) is 0.531. The average Bonchev–Trinajstić information content (AvgIpc) is 1.99. The van der Waals surface area contributed by atoms with E-state index in [9.17, 15) is 9.18 Å². The molecule has 2 heteroatoms. The summed E-state index contributed by atoms with van der Waals surface area (Å²) in [5.74, 6) is -0.207. The van der Waals surface area contributed by atoms with Gasteiger partial charge in [0.25, 0.3) is 0 Å². The van der Waals surface area contributed by atoms with Gasteiger partial charge in [-0.3, -0.25) is 4.79 Å². The third kappa shape index (κ3) is 4.01. The number of carbonyl (C=O) groups is 1. The lowest BCUT2D eigenvalue weighted by Gasteiger charge is -1.85. The number of aldehydes is 1. The van der Waals surface area contributed by atoms with E-state index in [2.05, 4.69) is 0 Å². The van der Waals surface area contributed by atoms with E-state index in [1.54, 1.807) is 13.8 Å². The molecular formula is C8H11FO. The minimum absolute atomic E-state index is 0.207. The molecule has 0 aliphatic carbocycles. The average molecular weight is 142 g/mol. The van der Waals surface area contributed by atoms with Gasteiger partial charge < -0.3 is 0 Å². The lowest BCUT2D eigenvalue weighted by Crippen LogP contribution is -1.74. The van der Waals surface area contributed by atoms with Gasteiger partial charge in [0.05, 0.1) is 5.83 Å². The van der Waals surface area contributed by atoms with Crippen molar-refractivity contribution in [3.8, 4) is 0 Å². The molecule has 0 aromatic heterocycles. The molecule has 0 N–H and O–H groups in total. The standard InChI is InChI=1S/C8H11FO/c1-3-8(9)5-4-7(2)6-10/h4-6H,3H2,1-2H3/b7-4+,8-5+. The summed E-state index contributed by atoms with van der Waals surface area (Å²) in [6.07, 6.45) is 3.84. The Kier molecular flexibility index (Phi) is 4.46. The van der Waals surface area contributed by atoms with Gasteiger partial charge in [0.1, 0.15) is 6.29 Å². The van der Waals surface area contributed by atoms with Gasteiger partial charge >= 0.3 is 0 Å². The normalized spacial score (nSPS) is 13.5. The molecule has 1 nitrogen and oxygen atoms in total. The number of allylic oxidation sites excluding steroid dienone is 4. The van der Waals surface area contributed by atoms with E-state index in [0.29, 0.717) is 18.3 Å². The predicted octanol–water partition coefficient (Wildman–Crippen LogP) is 2.40. The van der Waals surface area contributed by atoms with Crippen molar-refractivity contribution in [2.45, 2.75) is 20.3 Å². The minimum Gasteiger partial charge on any atom is -0.298 e. The largest absolute Gasteiger partial charge is 0.298 e. The summed E-state index contributed by atoms with van der Waals surface area (Å²) in [6.45, 7) is 3.35. The Morgan fingerprint density at radius 3 is 2.50 bits per heavy atom. The third-order valence-corrected chi connectivity index (χ3v) is 1.05.